The van der Waals surface area contributed by atoms with Crippen molar-refractivity contribution in [1.82, 2.24) is 15.1 Å². The van der Waals surface area contributed by atoms with Crippen LogP contribution < -0.4 is 5.32 Å². The summed E-state index contributed by atoms with van der Waals surface area (Å²) in [6.07, 6.45) is 4.94. The van der Waals surface area contributed by atoms with Crippen LogP contribution in [0.15, 0.2) is 36.4 Å². The summed E-state index contributed by atoms with van der Waals surface area (Å²) >= 11 is 0. The number of hydrogen-bond donors (Lipinski definition) is 1. The topological polar surface area (TPSA) is 52.7 Å². The number of carbonyl (C=O) groups is 2. The maximum absolute atomic E-state index is 12.7. The van der Waals surface area contributed by atoms with Gasteiger partial charge in [-0.15, -0.1) is 0 Å². The zero-order valence-corrected chi connectivity index (χ0v) is 18.4. The van der Waals surface area contributed by atoms with Gasteiger partial charge in [0.25, 0.3) is 0 Å². The van der Waals surface area contributed by atoms with Crippen LogP contribution in [-0.2, 0) is 9.59 Å². The van der Waals surface area contributed by atoms with Gasteiger partial charge in [-0.3, -0.25) is 14.5 Å². The number of piperidine rings is 1. The highest BCUT2D eigenvalue weighted by molar-refractivity contribution is 5.92. The highest BCUT2D eigenvalue weighted by atomic mass is 16.2. The van der Waals surface area contributed by atoms with Gasteiger partial charge in [-0.25, -0.2) is 0 Å². The van der Waals surface area contributed by atoms with E-state index < -0.39 is 0 Å². The van der Waals surface area contributed by atoms with Gasteiger partial charge >= 0.3 is 0 Å². The van der Waals surface area contributed by atoms with Crippen LogP contribution in [0.2, 0.25) is 0 Å². The standard InChI is InChI=1S/C24H37N3O2/c1-5-26(6-2)22(19(3)4)18-25-24(29)21-14-16-27(17-15-21)23(28)13-12-20-10-8-7-9-11-20/h7-13,19,21-22H,5-6,14-18H2,1-4H3,(H,25,29)/b13-12-/t22-/m1/s1. The second-order valence-electron chi connectivity index (χ2n) is 8.12. The van der Waals surface area contributed by atoms with E-state index in [-0.39, 0.29) is 17.7 Å². The van der Waals surface area contributed by atoms with E-state index in [1.54, 1.807) is 6.08 Å². The minimum Gasteiger partial charge on any atom is -0.354 e. The lowest BCUT2D eigenvalue weighted by molar-refractivity contribution is -0.132. The van der Waals surface area contributed by atoms with E-state index in [0.717, 1.165) is 31.5 Å². The van der Waals surface area contributed by atoms with E-state index in [4.69, 9.17) is 0 Å². The lowest BCUT2D eigenvalue weighted by atomic mass is 9.95. The summed E-state index contributed by atoms with van der Waals surface area (Å²) in [5, 5.41) is 3.18. The zero-order chi connectivity index (χ0) is 21.2. The summed E-state index contributed by atoms with van der Waals surface area (Å²) in [5.74, 6) is 0.650. The molecule has 0 aromatic heterocycles. The molecule has 1 atom stereocenters. The molecule has 0 saturated carbocycles. The Hall–Kier alpha value is -2.14. The first-order chi connectivity index (χ1) is 14.0. The fraction of sp³-hybridized carbons (Fsp3) is 0.583. The van der Waals surface area contributed by atoms with Gasteiger partial charge in [-0.2, -0.15) is 0 Å². The van der Waals surface area contributed by atoms with E-state index >= 15 is 0 Å². The smallest absolute Gasteiger partial charge is 0.246 e. The van der Waals surface area contributed by atoms with E-state index in [1.807, 2.05) is 41.3 Å². The summed E-state index contributed by atoms with van der Waals surface area (Å²) in [6, 6.07) is 10.2. The van der Waals surface area contributed by atoms with Crippen LogP contribution in [0.5, 0.6) is 0 Å². The molecule has 5 nitrogen and oxygen atoms in total. The van der Waals surface area contributed by atoms with Crippen molar-refractivity contribution in [1.29, 1.82) is 0 Å². The number of hydrogen-bond acceptors (Lipinski definition) is 3. The Balaban J connectivity index is 1.79. The van der Waals surface area contributed by atoms with E-state index in [9.17, 15) is 9.59 Å². The number of nitrogens with zero attached hydrogens (tertiary/aromatic N) is 2. The van der Waals surface area contributed by atoms with Crippen molar-refractivity contribution >= 4 is 17.9 Å². The molecule has 2 amide bonds. The average molecular weight is 400 g/mol. The van der Waals surface area contributed by atoms with Crippen LogP contribution >= 0.6 is 0 Å². The van der Waals surface area contributed by atoms with Gasteiger partial charge in [0.2, 0.25) is 11.8 Å². The first-order valence-electron chi connectivity index (χ1n) is 11.0. The monoisotopic (exact) mass is 399 g/mol. The van der Waals surface area contributed by atoms with Crippen molar-refractivity contribution in [3.8, 4) is 0 Å². The molecular weight excluding hydrogens is 362 g/mol. The van der Waals surface area contributed by atoms with Gasteiger partial charge in [0.05, 0.1) is 0 Å². The molecule has 0 bridgehead atoms. The first-order valence-corrected chi connectivity index (χ1v) is 11.0. The predicted molar refractivity (Wildman–Crippen MR) is 119 cm³/mol. The van der Waals surface area contributed by atoms with Crippen LogP contribution in [0.3, 0.4) is 0 Å². The van der Waals surface area contributed by atoms with Crippen LogP contribution in [0.1, 0.15) is 46.1 Å². The molecule has 0 radical (unpaired) electrons. The quantitative estimate of drug-likeness (QED) is 0.648. The Morgan fingerprint density at radius 3 is 2.31 bits per heavy atom. The SMILES string of the molecule is CCN(CC)[C@H](CNC(=O)C1CCN(C(=O)/C=C\c2ccccc2)CC1)C(C)C. The zero-order valence-electron chi connectivity index (χ0n) is 18.4. The highest BCUT2D eigenvalue weighted by Gasteiger charge is 2.28. The largest absolute Gasteiger partial charge is 0.354 e. The molecule has 2 rings (SSSR count). The Morgan fingerprint density at radius 2 is 1.76 bits per heavy atom. The molecule has 160 valence electrons. The van der Waals surface area contributed by atoms with Gasteiger partial charge in [-0.1, -0.05) is 58.0 Å². The molecule has 1 aliphatic heterocycles. The van der Waals surface area contributed by atoms with Crippen molar-refractivity contribution in [2.75, 3.05) is 32.7 Å². The number of amides is 2. The maximum Gasteiger partial charge on any atom is 0.246 e. The molecule has 1 fully saturated rings. The summed E-state index contributed by atoms with van der Waals surface area (Å²) in [6.45, 7) is 12.7. The number of rotatable bonds is 9. The molecule has 29 heavy (non-hydrogen) atoms. The summed E-state index contributed by atoms with van der Waals surface area (Å²) < 4.78 is 0. The van der Waals surface area contributed by atoms with E-state index in [1.165, 1.54) is 0 Å². The van der Waals surface area contributed by atoms with Gasteiger partial charge in [-0.05, 0) is 43.5 Å². The number of carbonyl (C=O) groups excluding carboxylic acids is 2. The minimum absolute atomic E-state index is 0.00154. The van der Waals surface area contributed by atoms with Crippen molar-refractivity contribution in [2.45, 2.75) is 46.6 Å². The van der Waals surface area contributed by atoms with Crippen molar-refractivity contribution in [2.24, 2.45) is 11.8 Å². The van der Waals surface area contributed by atoms with Gasteiger partial charge in [0.1, 0.15) is 0 Å². The molecule has 1 aliphatic rings. The third-order valence-electron chi connectivity index (χ3n) is 5.93. The van der Waals surface area contributed by atoms with Crippen molar-refractivity contribution in [3.05, 3.63) is 42.0 Å². The fourth-order valence-corrected chi connectivity index (χ4v) is 4.03. The first kappa shape index (κ1) is 23.1. The Morgan fingerprint density at radius 1 is 1.14 bits per heavy atom. The third-order valence-corrected chi connectivity index (χ3v) is 5.93. The van der Waals surface area contributed by atoms with E-state index in [2.05, 4.69) is 37.9 Å². The number of likely N-dealkylation sites (N-methyl/N-ethyl adjacent to an activating group) is 1. The fourth-order valence-electron chi connectivity index (χ4n) is 4.03. The molecule has 1 heterocycles. The number of likely N-dealkylation sites (tertiary alicyclic amines) is 1. The predicted octanol–water partition coefficient (Wildman–Crippen LogP) is 3.42. The molecule has 0 unspecified atom stereocenters. The summed E-state index contributed by atoms with van der Waals surface area (Å²) in [5.41, 5.74) is 1.02. The van der Waals surface area contributed by atoms with Crippen molar-refractivity contribution < 1.29 is 9.59 Å². The van der Waals surface area contributed by atoms with Crippen LogP contribution in [-0.4, -0.2) is 60.4 Å². The molecule has 0 aliphatic carbocycles. The van der Waals surface area contributed by atoms with Crippen molar-refractivity contribution in [3.63, 3.8) is 0 Å². The summed E-state index contributed by atoms with van der Waals surface area (Å²) in [7, 11) is 0. The van der Waals surface area contributed by atoms with Gasteiger partial charge in [0, 0.05) is 37.7 Å². The Labute approximate surface area is 176 Å². The molecule has 1 N–H and O–H groups in total. The summed E-state index contributed by atoms with van der Waals surface area (Å²) in [4.78, 5) is 29.3. The molecule has 1 saturated heterocycles. The molecule has 0 spiro atoms. The average Bonchev–Trinajstić information content (AvgIpc) is 2.75. The Kier molecular flexibility index (Phi) is 9.39. The van der Waals surface area contributed by atoms with Gasteiger partial charge in [0.15, 0.2) is 0 Å². The normalized spacial score (nSPS) is 16.6. The highest BCUT2D eigenvalue weighted by Crippen LogP contribution is 2.18. The van der Waals surface area contributed by atoms with E-state index in [0.29, 0.717) is 31.6 Å². The number of benzene rings is 1. The lowest BCUT2D eigenvalue weighted by Gasteiger charge is -2.34. The Bertz CT molecular complexity index is 660. The van der Waals surface area contributed by atoms with Gasteiger partial charge < -0.3 is 10.2 Å². The van der Waals surface area contributed by atoms with Crippen LogP contribution in [0, 0.1) is 11.8 Å². The molecule has 1 aromatic carbocycles. The van der Waals surface area contributed by atoms with Crippen LogP contribution in [0.4, 0.5) is 0 Å². The number of nitrogens with one attached hydrogen (secondary N) is 1. The molecule has 5 heteroatoms. The van der Waals surface area contributed by atoms with Crippen LogP contribution in [0.25, 0.3) is 6.08 Å². The third kappa shape index (κ3) is 7.00. The maximum atomic E-state index is 12.7. The second kappa shape index (κ2) is 11.8. The molecular formula is C24H37N3O2. The minimum atomic E-state index is 0.00154. The molecule has 1 aromatic rings. The second-order valence-corrected chi connectivity index (χ2v) is 8.12. The lowest BCUT2D eigenvalue weighted by Crippen LogP contribution is -2.49.